The van der Waals surface area contributed by atoms with Gasteiger partial charge in [0.1, 0.15) is 17.0 Å². The number of methoxy groups -OCH3 is 2. The molecule has 28 heavy (non-hydrogen) atoms. The quantitative estimate of drug-likeness (QED) is 0.733. The van der Waals surface area contributed by atoms with Crippen molar-refractivity contribution in [1.29, 1.82) is 5.26 Å². The molecule has 0 spiro atoms. The minimum Gasteiger partial charge on any atom is -0.497 e. The van der Waals surface area contributed by atoms with Gasteiger partial charge < -0.3 is 14.8 Å². The zero-order valence-corrected chi connectivity index (χ0v) is 17.6. The third-order valence-corrected chi connectivity index (χ3v) is 5.50. The molecule has 1 amide bonds. The molecule has 0 aliphatic carbocycles. The van der Waals surface area contributed by atoms with Gasteiger partial charge >= 0.3 is 0 Å². The molecule has 1 atom stereocenters. The molecule has 7 nitrogen and oxygen atoms in total. The summed E-state index contributed by atoms with van der Waals surface area (Å²) < 4.78 is 10.8. The Morgan fingerprint density at radius 1 is 1.21 bits per heavy atom. The van der Waals surface area contributed by atoms with Crippen molar-refractivity contribution in [3.63, 3.8) is 0 Å². The van der Waals surface area contributed by atoms with Crippen LogP contribution in [0.15, 0.2) is 18.2 Å². The molecule has 1 unspecified atom stereocenters. The van der Waals surface area contributed by atoms with E-state index in [0.717, 1.165) is 49.8 Å². The lowest BCUT2D eigenvalue weighted by molar-refractivity contribution is -0.124. The number of carbonyl (C=O) groups excluding carboxylic acids is 1. The Labute approximate surface area is 168 Å². The molecule has 154 valence electrons. The number of hydrogen-bond donors (Lipinski definition) is 1. The first kappa shape index (κ1) is 22.0. The van der Waals surface area contributed by atoms with Crippen molar-refractivity contribution >= 4 is 5.91 Å². The van der Waals surface area contributed by atoms with Gasteiger partial charge in [0.25, 0.3) is 0 Å². The van der Waals surface area contributed by atoms with E-state index in [-0.39, 0.29) is 11.8 Å². The molecular weight excluding hydrogens is 356 g/mol. The standard InChI is InChI=1S/C21H32N4O3/c1-16(2)21(3,15-22)23-20(26)14-25-10-8-24(9-11-25)13-17-12-18(27-4)6-7-19(17)28-5/h6-7,12,16H,8-11,13-14H2,1-5H3,(H,23,26). The molecule has 1 aromatic carbocycles. The minimum atomic E-state index is -0.832. The number of nitrogens with one attached hydrogen (secondary N) is 1. The van der Waals surface area contributed by atoms with Crippen molar-refractivity contribution in [2.75, 3.05) is 46.9 Å². The minimum absolute atomic E-state index is 0.0520. The molecule has 2 rings (SSSR count). The molecule has 0 bridgehead atoms. The first-order valence-electron chi connectivity index (χ1n) is 9.69. The summed E-state index contributed by atoms with van der Waals surface area (Å²) in [5, 5.41) is 12.2. The highest BCUT2D eigenvalue weighted by Gasteiger charge is 2.30. The largest absolute Gasteiger partial charge is 0.497 e. The topological polar surface area (TPSA) is 77.8 Å². The maximum Gasteiger partial charge on any atom is 0.235 e. The fourth-order valence-corrected chi connectivity index (χ4v) is 3.19. The van der Waals surface area contributed by atoms with E-state index in [4.69, 9.17) is 9.47 Å². The Hall–Kier alpha value is -2.30. The van der Waals surface area contributed by atoms with Crippen LogP contribution in [-0.4, -0.2) is 68.2 Å². The lowest BCUT2D eigenvalue weighted by Gasteiger charge is -2.35. The highest BCUT2D eigenvalue weighted by molar-refractivity contribution is 5.79. The third kappa shape index (κ3) is 5.60. The maximum absolute atomic E-state index is 12.4. The Kier molecular flexibility index (Phi) is 7.67. The lowest BCUT2D eigenvalue weighted by Crippen LogP contribution is -2.54. The Bertz CT molecular complexity index is 708. The molecule has 0 aromatic heterocycles. The number of rotatable bonds is 8. The van der Waals surface area contributed by atoms with Crippen molar-refractivity contribution in [2.45, 2.75) is 32.9 Å². The van der Waals surface area contributed by atoms with Crippen molar-refractivity contribution < 1.29 is 14.3 Å². The highest BCUT2D eigenvalue weighted by Crippen LogP contribution is 2.25. The van der Waals surface area contributed by atoms with Crippen LogP contribution < -0.4 is 14.8 Å². The third-order valence-electron chi connectivity index (χ3n) is 5.50. The summed E-state index contributed by atoms with van der Waals surface area (Å²) in [6.45, 7) is 10.1. The van der Waals surface area contributed by atoms with Gasteiger partial charge in [-0.25, -0.2) is 0 Å². The van der Waals surface area contributed by atoms with Gasteiger partial charge in [-0.3, -0.25) is 14.6 Å². The number of hydrogen-bond acceptors (Lipinski definition) is 6. The summed E-state index contributed by atoms with van der Waals surface area (Å²) in [5.74, 6) is 1.63. The molecule has 1 aliphatic heterocycles. The van der Waals surface area contributed by atoms with Gasteiger partial charge in [-0.1, -0.05) is 13.8 Å². The summed E-state index contributed by atoms with van der Waals surface area (Å²) in [5.41, 5.74) is 0.261. The van der Waals surface area contributed by atoms with Crippen molar-refractivity contribution in [3.8, 4) is 17.6 Å². The second kappa shape index (κ2) is 9.76. The van der Waals surface area contributed by atoms with Crippen LogP contribution >= 0.6 is 0 Å². The number of amides is 1. The van der Waals surface area contributed by atoms with Crippen LogP contribution in [0.25, 0.3) is 0 Å². The van der Waals surface area contributed by atoms with Crippen molar-refractivity contribution in [2.24, 2.45) is 5.92 Å². The average Bonchev–Trinajstić information content (AvgIpc) is 2.69. The van der Waals surface area contributed by atoms with Gasteiger partial charge in [0.2, 0.25) is 5.91 Å². The molecule has 1 N–H and O–H groups in total. The van der Waals surface area contributed by atoms with Crippen LogP contribution in [0.1, 0.15) is 26.3 Å². The summed E-state index contributed by atoms with van der Waals surface area (Å²) in [7, 11) is 3.33. The maximum atomic E-state index is 12.4. The first-order chi connectivity index (χ1) is 13.3. The summed E-state index contributed by atoms with van der Waals surface area (Å²) in [6.07, 6.45) is 0. The lowest BCUT2D eigenvalue weighted by atomic mass is 9.90. The highest BCUT2D eigenvalue weighted by atomic mass is 16.5. The van der Waals surface area contributed by atoms with Crippen LogP contribution in [0.5, 0.6) is 11.5 Å². The van der Waals surface area contributed by atoms with Gasteiger partial charge in [0.15, 0.2) is 0 Å². The van der Waals surface area contributed by atoms with E-state index in [1.165, 1.54) is 0 Å². The number of carbonyl (C=O) groups is 1. The number of piperazine rings is 1. The molecule has 1 fully saturated rings. The number of benzene rings is 1. The zero-order valence-electron chi connectivity index (χ0n) is 17.6. The van der Waals surface area contributed by atoms with Gasteiger partial charge in [0, 0.05) is 38.3 Å². The fourth-order valence-electron chi connectivity index (χ4n) is 3.19. The normalized spacial score (nSPS) is 17.6. The number of nitrogens with zero attached hydrogens (tertiary/aromatic N) is 3. The van der Waals surface area contributed by atoms with Gasteiger partial charge in [-0.15, -0.1) is 0 Å². The van der Waals surface area contributed by atoms with Crippen molar-refractivity contribution in [3.05, 3.63) is 23.8 Å². The van der Waals surface area contributed by atoms with E-state index in [9.17, 15) is 10.1 Å². The summed E-state index contributed by atoms with van der Waals surface area (Å²) in [6, 6.07) is 8.05. The van der Waals surface area contributed by atoms with Gasteiger partial charge in [0.05, 0.1) is 26.8 Å². The average molecular weight is 389 g/mol. The monoisotopic (exact) mass is 388 g/mol. The van der Waals surface area contributed by atoms with E-state index in [0.29, 0.717) is 6.54 Å². The molecule has 7 heteroatoms. The molecule has 0 saturated carbocycles. The van der Waals surface area contributed by atoms with Crippen molar-refractivity contribution in [1.82, 2.24) is 15.1 Å². The summed E-state index contributed by atoms with van der Waals surface area (Å²) >= 11 is 0. The van der Waals surface area contributed by atoms with Crippen LogP contribution in [0.3, 0.4) is 0 Å². The number of ether oxygens (including phenoxy) is 2. The second-order valence-corrected chi connectivity index (χ2v) is 7.75. The van der Waals surface area contributed by atoms with Crippen LogP contribution in [-0.2, 0) is 11.3 Å². The zero-order chi connectivity index (χ0) is 20.7. The fraction of sp³-hybridized carbons (Fsp3) is 0.619. The van der Waals surface area contributed by atoms with E-state index < -0.39 is 5.54 Å². The van der Waals surface area contributed by atoms with Gasteiger partial charge in [-0.2, -0.15) is 5.26 Å². The Balaban J connectivity index is 1.86. The Morgan fingerprint density at radius 2 is 1.86 bits per heavy atom. The molecular formula is C21H32N4O3. The first-order valence-corrected chi connectivity index (χ1v) is 9.69. The number of nitriles is 1. The smallest absolute Gasteiger partial charge is 0.235 e. The predicted molar refractivity (Wildman–Crippen MR) is 108 cm³/mol. The van der Waals surface area contributed by atoms with E-state index in [1.54, 1.807) is 21.1 Å². The van der Waals surface area contributed by atoms with Gasteiger partial charge in [-0.05, 0) is 31.0 Å². The molecule has 1 saturated heterocycles. The van der Waals surface area contributed by atoms with E-state index in [1.807, 2.05) is 32.0 Å². The predicted octanol–water partition coefficient (Wildman–Crippen LogP) is 1.88. The molecule has 1 aromatic rings. The SMILES string of the molecule is COc1ccc(OC)c(CN2CCN(CC(=O)NC(C)(C#N)C(C)C)CC2)c1. The molecule has 0 radical (unpaired) electrons. The van der Waals surface area contributed by atoms with Crippen LogP contribution in [0.2, 0.25) is 0 Å². The van der Waals surface area contributed by atoms with Crippen LogP contribution in [0.4, 0.5) is 0 Å². The Morgan fingerprint density at radius 3 is 2.39 bits per heavy atom. The summed E-state index contributed by atoms with van der Waals surface area (Å²) in [4.78, 5) is 16.8. The molecule has 1 aliphatic rings. The van der Waals surface area contributed by atoms with E-state index >= 15 is 0 Å². The van der Waals surface area contributed by atoms with E-state index in [2.05, 4.69) is 21.2 Å². The van der Waals surface area contributed by atoms with Crippen LogP contribution in [0, 0.1) is 17.2 Å². The second-order valence-electron chi connectivity index (χ2n) is 7.75. The molecule has 1 heterocycles.